The van der Waals surface area contributed by atoms with Gasteiger partial charge in [0, 0.05) is 5.69 Å². The van der Waals surface area contributed by atoms with E-state index < -0.39 is 0 Å². The molecule has 0 aliphatic rings. The van der Waals surface area contributed by atoms with Gasteiger partial charge in [-0.2, -0.15) is 20.0 Å². The van der Waals surface area contributed by atoms with Crippen LogP contribution in [0.4, 0.5) is 4.39 Å². The van der Waals surface area contributed by atoms with E-state index in [0.717, 1.165) is 5.69 Å². The highest BCUT2D eigenvalue weighted by atomic mass is 32.1. The molecule has 2 heterocycles. The number of H-pyrrole nitrogens is 2. The van der Waals surface area contributed by atoms with Crippen molar-refractivity contribution in [1.82, 2.24) is 25.1 Å². The molecule has 0 saturated carbocycles. The van der Waals surface area contributed by atoms with Crippen LogP contribution in [0, 0.1) is 17.5 Å². The number of nitrogens with one attached hydrogen (secondary N) is 2. The number of halogens is 1. The van der Waals surface area contributed by atoms with Gasteiger partial charge in [0.15, 0.2) is 0 Å². The van der Waals surface area contributed by atoms with Crippen LogP contribution in [0.15, 0.2) is 35.4 Å². The molecule has 0 spiro atoms. The van der Waals surface area contributed by atoms with Gasteiger partial charge in [-0.3, -0.25) is 5.10 Å². The molecule has 0 radical (unpaired) electrons. The van der Waals surface area contributed by atoms with E-state index in [1.165, 1.54) is 23.0 Å². The summed E-state index contributed by atoms with van der Waals surface area (Å²) in [5, 5.41) is 18.0. The number of hydrogen-bond donors (Lipinski definition) is 2. The molecule has 21 heavy (non-hydrogen) atoms. The summed E-state index contributed by atoms with van der Waals surface area (Å²) in [5.41, 5.74) is 2.15. The third-order valence-electron chi connectivity index (χ3n) is 2.76. The monoisotopic (exact) mass is 302 g/mol. The number of aromatic nitrogens is 5. The summed E-state index contributed by atoms with van der Waals surface area (Å²) < 4.78 is 14.9. The second-order valence-corrected chi connectivity index (χ2v) is 4.79. The van der Waals surface area contributed by atoms with Crippen molar-refractivity contribution >= 4 is 18.4 Å². The largest absolute Gasteiger partial charge is 0.282 e. The van der Waals surface area contributed by atoms with Crippen LogP contribution >= 0.6 is 12.2 Å². The van der Waals surface area contributed by atoms with Gasteiger partial charge in [-0.05, 0) is 42.9 Å². The standard InChI is InChI=1S/C13H11FN6S/c1-8-5-11(17-16-8)12-18-19-13(21)20(12)15-7-9-3-2-4-10(14)6-9/h2-7H,1H3,(H,16,17)(H,19,21). The molecular formula is C13H11FN6S. The van der Waals surface area contributed by atoms with E-state index in [4.69, 9.17) is 12.2 Å². The van der Waals surface area contributed by atoms with Crippen molar-refractivity contribution in [1.29, 1.82) is 0 Å². The number of aromatic amines is 2. The first-order chi connectivity index (χ1) is 10.1. The molecule has 2 N–H and O–H groups in total. The molecule has 0 aliphatic carbocycles. The fraction of sp³-hybridized carbons (Fsp3) is 0.0769. The normalized spacial score (nSPS) is 11.3. The molecular weight excluding hydrogens is 291 g/mol. The van der Waals surface area contributed by atoms with Gasteiger partial charge in [0.05, 0.1) is 6.21 Å². The highest BCUT2D eigenvalue weighted by molar-refractivity contribution is 7.71. The van der Waals surface area contributed by atoms with Crippen molar-refractivity contribution < 1.29 is 4.39 Å². The average Bonchev–Trinajstić information content (AvgIpc) is 3.03. The van der Waals surface area contributed by atoms with Crippen LogP contribution in [0.1, 0.15) is 11.3 Å². The van der Waals surface area contributed by atoms with Gasteiger partial charge in [-0.1, -0.05) is 12.1 Å². The molecule has 3 rings (SSSR count). The summed E-state index contributed by atoms with van der Waals surface area (Å²) in [6.07, 6.45) is 1.51. The maximum absolute atomic E-state index is 13.1. The summed E-state index contributed by atoms with van der Waals surface area (Å²) >= 11 is 5.14. The molecule has 106 valence electrons. The molecule has 0 fully saturated rings. The zero-order valence-corrected chi connectivity index (χ0v) is 11.9. The molecule has 0 bridgehead atoms. The Balaban J connectivity index is 1.99. The van der Waals surface area contributed by atoms with Crippen molar-refractivity contribution in [3.8, 4) is 11.5 Å². The molecule has 0 atom stereocenters. The van der Waals surface area contributed by atoms with Gasteiger partial charge in [0.1, 0.15) is 11.5 Å². The molecule has 0 aliphatic heterocycles. The SMILES string of the molecule is Cc1cc(-c2n[nH]c(=S)n2N=Cc2cccc(F)c2)n[nH]1. The minimum Gasteiger partial charge on any atom is -0.282 e. The number of aryl methyl sites for hydroxylation is 1. The van der Waals surface area contributed by atoms with E-state index >= 15 is 0 Å². The zero-order valence-electron chi connectivity index (χ0n) is 11.0. The van der Waals surface area contributed by atoms with Crippen molar-refractivity contribution in [3.63, 3.8) is 0 Å². The zero-order chi connectivity index (χ0) is 14.8. The first-order valence-electron chi connectivity index (χ1n) is 6.13. The maximum Gasteiger partial charge on any atom is 0.216 e. The summed E-state index contributed by atoms with van der Waals surface area (Å²) in [5.74, 6) is 0.162. The van der Waals surface area contributed by atoms with E-state index in [1.54, 1.807) is 12.1 Å². The minimum absolute atomic E-state index is 0.321. The molecule has 0 amide bonds. The lowest BCUT2D eigenvalue weighted by molar-refractivity contribution is 0.627. The van der Waals surface area contributed by atoms with E-state index in [1.807, 2.05) is 13.0 Å². The van der Waals surface area contributed by atoms with Crippen molar-refractivity contribution in [3.05, 3.63) is 52.2 Å². The van der Waals surface area contributed by atoms with Crippen LogP contribution in [-0.4, -0.2) is 31.3 Å². The van der Waals surface area contributed by atoms with E-state index in [-0.39, 0.29) is 5.82 Å². The molecule has 3 aromatic rings. The summed E-state index contributed by atoms with van der Waals surface area (Å²) in [4.78, 5) is 0. The second-order valence-electron chi connectivity index (χ2n) is 4.40. The molecule has 0 saturated heterocycles. The number of nitrogens with zero attached hydrogens (tertiary/aromatic N) is 4. The predicted molar refractivity (Wildman–Crippen MR) is 79.1 cm³/mol. The molecule has 6 nitrogen and oxygen atoms in total. The second kappa shape index (κ2) is 5.41. The Labute approximate surface area is 124 Å². The highest BCUT2D eigenvalue weighted by Gasteiger charge is 2.10. The number of hydrogen-bond acceptors (Lipinski definition) is 4. The smallest absolute Gasteiger partial charge is 0.216 e. The van der Waals surface area contributed by atoms with Crippen LogP contribution in [0.3, 0.4) is 0 Å². The van der Waals surface area contributed by atoms with Gasteiger partial charge in [-0.15, -0.1) is 0 Å². The van der Waals surface area contributed by atoms with Gasteiger partial charge in [-0.25, -0.2) is 9.49 Å². The Hall–Kier alpha value is -2.61. The lowest BCUT2D eigenvalue weighted by Gasteiger charge is -1.97. The van der Waals surface area contributed by atoms with Crippen molar-refractivity contribution in [2.75, 3.05) is 0 Å². The Morgan fingerprint density at radius 1 is 1.29 bits per heavy atom. The third kappa shape index (κ3) is 2.79. The number of benzene rings is 1. The molecule has 1 aromatic carbocycles. The van der Waals surface area contributed by atoms with Gasteiger partial charge < -0.3 is 0 Å². The summed E-state index contributed by atoms with van der Waals surface area (Å²) in [7, 11) is 0. The Morgan fingerprint density at radius 2 is 2.14 bits per heavy atom. The quantitative estimate of drug-likeness (QED) is 0.577. The topological polar surface area (TPSA) is 74.7 Å². The molecule has 2 aromatic heterocycles. The van der Waals surface area contributed by atoms with Gasteiger partial charge >= 0.3 is 0 Å². The minimum atomic E-state index is -0.321. The van der Waals surface area contributed by atoms with E-state index in [0.29, 0.717) is 21.9 Å². The molecule has 8 heteroatoms. The maximum atomic E-state index is 13.1. The Bertz CT molecular complexity index is 859. The van der Waals surface area contributed by atoms with Crippen LogP contribution in [0.2, 0.25) is 0 Å². The fourth-order valence-electron chi connectivity index (χ4n) is 1.81. The first kappa shape index (κ1) is 13.4. The van der Waals surface area contributed by atoms with Gasteiger partial charge in [0.2, 0.25) is 10.6 Å². The predicted octanol–water partition coefficient (Wildman–Crippen LogP) is 2.66. The van der Waals surface area contributed by atoms with E-state index in [9.17, 15) is 4.39 Å². The average molecular weight is 302 g/mol. The highest BCUT2D eigenvalue weighted by Crippen LogP contribution is 2.15. The summed E-state index contributed by atoms with van der Waals surface area (Å²) in [6, 6.07) is 7.95. The van der Waals surface area contributed by atoms with Crippen LogP contribution < -0.4 is 0 Å². The lowest BCUT2D eigenvalue weighted by atomic mass is 10.2. The molecule has 0 unspecified atom stereocenters. The van der Waals surface area contributed by atoms with Crippen molar-refractivity contribution in [2.24, 2.45) is 5.10 Å². The van der Waals surface area contributed by atoms with E-state index in [2.05, 4.69) is 25.5 Å². The fourth-order valence-corrected chi connectivity index (χ4v) is 1.99. The van der Waals surface area contributed by atoms with Crippen molar-refractivity contribution in [2.45, 2.75) is 6.92 Å². The van der Waals surface area contributed by atoms with Crippen LogP contribution in [-0.2, 0) is 0 Å². The van der Waals surface area contributed by atoms with Crippen LogP contribution in [0.5, 0.6) is 0 Å². The van der Waals surface area contributed by atoms with Gasteiger partial charge in [0.25, 0.3) is 0 Å². The number of rotatable bonds is 3. The van der Waals surface area contributed by atoms with Crippen LogP contribution in [0.25, 0.3) is 11.5 Å². The Kier molecular flexibility index (Phi) is 3.44. The first-order valence-corrected chi connectivity index (χ1v) is 6.54. The Morgan fingerprint density at radius 3 is 2.86 bits per heavy atom. The lowest BCUT2D eigenvalue weighted by Crippen LogP contribution is -1.95. The summed E-state index contributed by atoms with van der Waals surface area (Å²) in [6.45, 7) is 1.89. The third-order valence-corrected chi connectivity index (χ3v) is 3.02.